The second kappa shape index (κ2) is 11.3. The minimum absolute atomic E-state index is 0.0873. The second-order valence-electron chi connectivity index (χ2n) is 9.96. The van der Waals surface area contributed by atoms with Gasteiger partial charge in [-0.15, -0.1) is 0 Å². The van der Waals surface area contributed by atoms with Gasteiger partial charge in [0.2, 0.25) is 5.91 Å². The average Bonchev–Trinajstić information content (AvgIpc) is 3.33. The first kappa shape index (κ1) is 25.9. The molecule has 1 aromatic heterocycles. The van der Waals surface area contributed by atoms with Crippen molar-refractivity contribution in [1.29, 1.82) is 0 Å². The molecular weight excluding hydrogens is 465 g/mol. The standard InChI is InChI=1S/C28H33F3N4O/c1-20(2)13-21-5-3-6-22(10-9-21)17-35-19-32-15-25(35)16-33-26-11-12-34(27(26)36)18-23-7-4-8-24(14-23)28(29,30)31/h3-4,6-10,14-15,19-20,26,33H,5,11-13,16-18H2,1-2H3. The summed E-state index contributed by atoms with van der Waals surface area (Å²) in [7, 11) is 0. The number of aromatic nitrogens is 2. The van der Waals surface area contributed by atoms with E-state index < -0.39 is 11.7 Å². The van der Waals surface area contributed by atoms with Gasteiger partial charge in [-0.1, -0.05) is 55.9 Å². The monoisotopic (exact) mass is 498 g/mol. The van der Waals surface area contributed by atoms with Gasteiger partial charge in [0.15, 0.2) is 0 Å². The summed E-state index contributed by atoms with van der Waals surface area (Å²) in [5.41, 5.74) is 3.38. The Labute approximate surface area is 210 Å². The van der Waals surface area contributed by atoms with Crippen LogP contribution in [-0.4, -0.2) is 32.9 Å². The van der Waals surface area contributed by atoms with Crippen molar-refractivity contribution in [2.75, 3.05) is 6.54 Å². The Kier molecular flexibility index (Phi) is 8.14. The summed E-state index contributed by atoms with van der Waals surface area (Å²) in [4.78, 5) is 18.8. The normalized spacial score (nSPS) is 18.6. The van der Waals surface area contributed by atoms with Crippen LogP contribution in [-0.2, 0) is 30.6 Å². The fourth-order valence-corrected chi connectivity index (χ4v) is 4.71. The summed E-state index contributed by atoms with van der Waals surface area (Å²) in [6, 6.07) is 4.81. The number of allylic oxidation sites excluding steroid dienone is 6. The summed E-state index contributed by atoms with van der Waals surface area (Å²) in [6.07, 6.45) is 10.6. The van der Waals surface area contributed by atoms with E-state index in [0.29, 0.717) is 37.5 Å². The number of alkyl halides is 3. The lowest BCUT2D eigenvalue weighted by molar-refractivity contribution is -0.137. The summed E-state index contributed by atoms with van der Waals surface area (Å²) in [5, 5.41) is 3.32. The lowest BCUT2D eigenvalue weighted by Crippen LogP contribution is -2.38. The van der Waals surface area contributed by atoms with Crippen LogP contribution in [0.4, 0.5) is 13.2 Å². The first-order valence-electron chi connectivity index (χ1n) is 12.4. The van der Waals surface area contributed by atoms with Crippen molar-refractivity contribution < 1.29 is 18.0 Å². The van der Waals surface area contributed by atoms with E-state index in [4.69, 9.17) is 0 Å². The van der Waals surface area contributed by atoms with E-state index in [-0.39, 0.29) is 18.5 Å². The van der Waals surface area contributed by atoms with Crippen LogP contribution < -0.4 is 5.32 Å². The van der Waals surface area contributed by atoms with Gasteiger partial charge in [0.25, 0.3) is 0 Å². The summed E-state index contributed by atoms with van der Waals surface area (Å²) < 4.78 is 41.1. The van der Waals surface area contributed by atoms with Crippen LogP contribution in [0.15, 0.2) is 72.2 Å². The largest absolute Gasteiger partial charge is 0.416 e. The molecule has 8 heteroatoms. The number of halogens is 3. The number of rotatable bonds is 9. The topological polar surface area (TPSA) is 50.2 Å². The van der Waals surface area contributed by atoms with E-state index in [1.165, 1.54) is 17.2 Å². The Morgan fingerprint density at radius 3 is 2.81 bits per heavy atom. The molecule has 2 heterocycles. The number of hydrogen-bond donors (Lipinski definition) is 1. The van der Waals surface area contributed by atoms with Gasteiger partial charge in [0.05, 0.1) is 23.6 Å². The van der Waals surface area contributed by atoms with Crippen LogP contribution >= 0.6 is 0 Å². The van der Waals surface area contributed by atoms with E-state index in [1.54, 1.807) is 23.5 Å². The van der Waals surface area contributed by atoms with E-state index in [2.05, 4.69) is 53.0 Å². The van der Waals surface area contributed by atoms with Gasteiger partial charge < -0.3 is 14.8 Å². The van der Waals surface area contributed by atoms with Crippen LogP contribution in [0.3, 0.4) is 0 Å². The predicted molar refractivity (Wildman–Crippen MR) is 134 cm³/mol. The molecule has 0 radical (unpaired) electrons. The Balaban J connectivity index is 1.33. The summed E-state index contributed by atoms with van der Waals surface area (Å²) >= 11 is 0. The average molecular weight is 499 g/mol. The molecule has 1 N–H and O–H groups in total. The molecule has 2 aromatic rings. The van der Waals surface area contributed by atoms with E-state index >= 15 is 0 Å². The lowest BCUT2D eigenvalue weighted by atomic mass is 10.0. The highest BCUT2D eigenvalue weighted by Crippen LogP contribution is 2.30. The van der Waals surface area contributed by atoms with Crippen molar-refractivity contribution in [3.05, 3.63) is 89.1 Å². The van der Waals surface area contributed by atoms with Crippen molar-refractivity contribution in [2.24, 2.45) is 5.92 Å². The van der Waals surface area contributed by atoms with E-state index in [0.717, 1.165) is 30.7 Å². The van der Waals surface area contributed by atoms with Crippen molar-refractivity contribution in [1.82, 2.24) is 19.8 Å². The van der Waals surface area contributed by atoms with Gasteiger partial charge in [-0.2, -0.15) is 13.2 Å². The molecule has 0 spiro atoms. The Hall–Kier alpha value is -3.13. The number of nitrogens with one attached hydrogen (secondary N) is 1. The first-order valence-corrected chi connectivity index (χ1v) is 12.4. The number of hydrogen-bond acceptors (Lipinski definition) is 3. The molecule has 1 unspecified atom stereocenters. The lowest BCUT2D eigenvalue weighted by Gasteiger charge is -2.18. The van der Waals surface area contributed by atoms with Gasteiger partial charge in [-0.05, 0) is 48.4 Å². The molecule has 0 saturated carbocycles. The summed E-state index contributed by atoms with van der Waals surface area (Å²) in [6.45, 7) is 6.31. The molecule has 1 aliphatic carbocycles. The number of imidazole rings is 1. The van der Waals surface area contributed by atoms with Crippen LogP contribution in [0, 0.1) is 5.92 Å². The number of benzene rings is 1. The van der Waals surface area contributed by atoms with Gasteiger partial charge in [-0.3, -0.25) is 4.79 Å². The maximum atomic E-state index is 13.0. The second-order valence-corrected chi connectivity index (χ2v) is 9.96. The summed E-state index contributed by atoms with van der Waals surface area (Å²) in [5.74, 6) is 0.543. The number of amides is 1. The molecule has 4 rings (SSSR count). The quantitative estimate of drug-likeness (QED) is 0.486. The number of carbonyl (C=O) groups is 1. The van der Waals surface area contributed by atoms with E-state index in [9.17, 15) is 18.0 Å². The minimum Gasteiger partial charge on any atom is -0.337 e. The van der Waals surface area contributed by atoms with Crippen LogP contribution in [0.1, 0.15) is 49.9 Å². The fourth-order valence-electron chi connectivity index (χ4n) is 4.71. The minimum atomic E-state index is -4.40. The Morgan fingerprint density at radius 1 is 1.19 bits per heavy atom. The van der Waals surface area contributed by atoms with Crippen molar-refractivity contribution in [3.63, 3.8) is 0 Å². The molecule has 1 aliphatic heterocycles. The number of carbonyl (C=O) groups excluding carboxylic acids is 1. The molecule has 1 aromatic carbocycles. The zero-order valence-electron chi connectivity index (χ0n) is 20.8. The molecule has 1 amide bonds. The fraction of sp³-hybridized carbons (Fsp3) is 0.429. The van der Waals surface area contributed by atoms with Crippen molar-refractivity contribution in [3.8, 4) is 0 Å². The highest BCUT2D eigenvalue weighted by molar-refractivity contribution is 5.84. The molecule has 192 valence electrons. The van der Waals surface area contributed by atoms with Gasteiger partial charge in [-0.25, -0.2) is 4.98 Å². The van der Waals surface area contributed by atoms with Crippen LogP contribution in [0.5, 0.6) is 0 Å². The van der Waals surface area contributed by atoms with Crippen molar-refractivity contribution >= 4 is 5.91 Å². The highest BCUT2D eigenvalue weighted by Gasteiger charge is 2.33. The highest BCUT2D eigenvalue weighted by atomic mass is 19.4. The molecule has 36 heavy (non-hydrogen) atoms. The van der Waals surface area contributed by atoms with E-state index in [1.807, 2.05) is 0 Å². The number of likely N-dealkylation sites (tertiary alicyclic amines) is 1. The Bertz CT molecular complexity index is 1160. The van der Waals surface area contributed by atoms with Gasteiger partial charge >= 0.3 is 6.18 Å². The SMILES string of the molecule is CC(C)CC1=CC=C(Cn2cncc2CNC2CCN(Cc3cccc(C(F)(F)F)c3)C2=O)C=CC1. The first-order chi connectivity index (χ1) is 17.2. The third-order valence-electron chi connectivity index (χ3n) is 6.52. The zero-order chi connectivity index (χ0) is 25.7. The predicted octanol–water partition coefficient (Wildman–Crippen LogP) is 5.65. The molecule has 0 bridgehead atoms. The molecule has 1 saturated heterocycles. The molecule has 5 nitrogen and oxygen atoms in total. The third kappa shape index (κ3) is 6.75. The number of nitrogens with zero attached hydrogens (tertiary/aromatic N) is 3. The molecular formula is C28H33F3N4O. The van der Waals surface area contributed by atoms with Crippen LogP contribution in [0.25, 0.3) is 0 Å². The maximum absolute atomic E-state index is 13.0. The smallest absolute Gasteiger partial charge is 0.337 e. The van der Waals surface area contributed by atoms with Gasteiger partial charge in [0.1, 0.15) is 0 Å². The molecule has 1 atom stereocenters. The zero-order valence-corrected chi connectivity index (χ0v) is 20.8. The molecule has 1 fully saturated rings. The third-order valence-corrected chi connectivity index (χ3v) is 6.52. The molecule has 2 aliphatic rings. The van der Waals surface area contributed by atoms with Gasteiger partial charge in [0, 0.05) is 32.4 Å². The van der Waals surface area contributed by atoms with Crippen molar-refractivity contribution in [2.45, 2.75) is 65.0 Å². The Morgan fingerprint density at radius 2 is 2.03 bits per heavy atom. The van der Waals surface area contributed by atoms with Crippen LogP contribution in [0.2, 0.25) is 0 Å². The maximum Gasteiger partial charge on any atom is 0.416 e.